The Kier molecular flexibility index (Phi) is 15.6. The number of hydrogen-bond acceptors (Lipinski definition) is 2. The van der Waals surface area contributed by atoms with E-state index in [-0.39, 0.29) is 0 Å². The van der Waals surface area contributed by atoms with Gasteiger partial charge in [0.25, 0.3) is 0 Å². The molecule has 0 spiro atoms. The van der Waals surface area contributed by atoms with Crippen LogP contribution in [-0.2, 0) is 3.74 Å². The molecule has 0 saturated carbocycles. The average Bonchev–Trinajstić information content (AvgIpc) is 2.28. The van der Waals surface area contributed by atoms with E-state index in [2.05, 4.69) is 28.1 Å². The van der Waals surface area contributed by atoms with Crippen LogP contribution in [0.4, 0.5) is 0 Å². The summed E-state index contributed by atoms with van der Waals surface area (Å²) in [6, 6.07) is 0. The van der Waals surface area contributed by atoms with Crippen molar-refractivity contribution in [2.45, 2.75) is 82.6 Å². The summed E-state index contributed by atoms with van der Waals surface area (Å²) in [6.45, 7) is 3.62. The summed E-state index contributed by atoms with van der Waals surface area (Å²) in [7, 11) is 6.86. The molecule has 0 aliphatic carbocycles. The molecule has 21 heavy (non-hydrogen) atoms. The summed E-state index contributed by atoms with van der Waals surface area (Å²) < 4.78 is 20.6. The van der Waals surface area contributed by atoms with Gasteiger partial charge in [-0.25, -0.2) is 0 Å². The Morgan fingerprint density at radius 1 is 0.762 bits per heavy atom. The zero-order chi connectivity index (χ0) is 16.8. The van der Waals surface area contributed by atoms with Gasteiger partial charge in [0.1, 0.15) is 0 Å². The SMILES string of the molecule is CCCCCCCCCCCC[N+](C)(C)C.C[As](C)(=O)[O-]. The van der Waals surface area contributed by atoms with Crippen LogP contribution in [0.5, 0.6) is 0 Å². The van der Waals surface area contributed by atoms with E-state index in [4.69, 9.17) is 0 Å². The summed E-state index contributed by atoms with van der Waals surface area (Å²) in [4.78, 5) is 0. The van der Waals surface area contributed by atoms with Crippen LogP contribution in [0.25, 0.3) is 0 Å². The van der Waals surface area contributed by atoms with Crippen LogP contribution >= 0.6 is 0 Å². The van der Waals surface area contributed by atoms with E-state index in [9.17, 15) is 7.84 Å². The number of rotatable bonds is 11. The summed E-state index contributed by atoms with van der Waals surface area (Å²) in [5.41, 5.74) is 2.50. The number of nitrogens with zero attached hydrogens (tertiary/aromatic N) is 1. The Hall–Kier alpha value is 0.278. The third-order valence-corrected chi connectivity index (χ3v) is 3.18. The molecular weight excluding hydrogens is 325 g/mol. The molecule has 4 heteroatoms. The van der Waals surface area contributed by atoms with Gasteiger partial charge in [-0.15, -0.1) is 0 Å². The van der Waals surface area contributed by atoms with Crippen molar-refractivity contribution in [3.63, 3.8) is 0 Å². The maximum atomic E-state index is 9.72. The molecular formula is C17H40AsNO2. The van der Waals surface area contributed by atoms with E-state index in [1.807, 2.05) is 0 Å². The Balaban J connectivity index is 0. The van der Waals surface area contributed by atoms with Gasteiger partial charge in [0.15, 0.2) is 0 Å². The molecule has 0 radical (unpaired) electrons. The van der Waals surface area contributed by atoms with Gasteiger partial charge in [-0.1, -0.05) is 58.3 Å². The minimum atomic E-state index is -3.38. The normalized spacial score (nSPS) is 12.0. The molecule has 0 rings (SSSR count). The topological polar surface area (TPSA) is 40.1 Å². The Morgan fingerprint density at radius 3 is 1.33 bits per heavy atom. The molecule has 0 aromatic heterocycles. The second kappa shape index (κ2) is 13.9. The first-order chi connectivity index (χ1) is 9.56. The maximum absolute atomic E-state index is 9.72. The van der Waals surface area contributed by atoms with E-state index < -0.39 is 13.8 Å². The first kappa shape index (κ1) is 23.5. The molecule has 0 bridgehead atoms. The van der Waals surface area contributed by atoms with Gasteiger partial charge in [-0.3, -0.25) is 0 Å². The van der Waals surface area contributed by atoms with Crippen LogP contribution in [-0.4, -0.2) is 46.0 Å². The summed E-state index contributed by atoms with van der Waals surface area (Å²) >= 11 is -3.38. The van der Waals surface area contributed by atoms with Gasteiger partial charge in [-0.2, -0.15) is 0 Å². The van der Waals surface area contributed by atoms with E-state index in [1.54, 1.807) is 0 Å². The van der Waals surface area contributed by atoms with Crippen molar-refractivity contribution in [3.8, 4) is 0 Å². The van der Waals surface area contributed by atoms with Crippen molar-refractivity contribution < 1.29 is 12.3 Å². The van der Waals surface area contributed by atoms with Crippen LogP contribution in [0.2, 0.25) is 11.4 Å². The van der Waals surface area contributed by atoms with E-state index in [0.717, 1.165) is 4.48 Å². The van der Waals surface area contributed by atoms with Gasteiger partial charge in [0.05, 0.1) is 27.7 Å². The summed E-state index contributed by atoms with van der Waals surface area (Å²) in [5.74, 6) is 0. The van der Waals surface area contributed by atoms with Crippen LogP contribution < -0.4 is 4.10 Å². The van der Waals surface area contributed by atoms with Crippen molar-refractivity contribution in [3.05, 3.63) is 0 Å². The second-order valence-corrected chi connectivity index (χ2v) is 12.7. The van der Waals surface area contributed by atoms with Crippen molar-refractivity contribution >= 4 is 13.8 Å². The van der Waals surface area contributed by atoms with Crippen LogP contribution in [0.15, 0.2) is 0 Å². The number of quaternary nitrogens is 1. The summed E-state index contributed by atoms with van der Waals surface area (Å²) in [6.07, 6.45) is 14.4. The molecule has 0 unspecified atom stereocenters. The molecule has 0 aliphatic rings. The third kappa shape index (κ3) is 38.4. The fraction of sp³-hybridized carbons (Fsp3) is 1.00. The van der Waals surface area contributed by atoms with E-state index in [1.165, 1.54) is 82.2 Å². The van der Waals surface area contributed by atoms with Crippen molar-refractivity contribution in [1.82, 2.24) is 0 Å². The standard InChI is InChI=1S/C15H34N.C2H7AsO2/c1-5-6-7-8-9-10-11-12-13-14-15-16(2,3)4;1-3(2,4)5/h5-15H2,1-4H3;1-2H3,(H,4,5)/q+1;/p-1. The van der Waals surface area contributed by atoms with Gasteiger partial charge in [-0.05, 0) is 12.8 Å². The predicted molar refractivity (Wildman–Crippen MR) is 92.9 cm³/mol. The van der Waals surface area contributed by atoms with Crippen LogP contribution in [0.1, 0.15) is 71.1 Å². The molecule has 0 fully saturated rings. The molecule has 0 N–H and O–H groups in total. The van der Waals surface area contributed by atoms with Crippen LogP contribution in [0.3, 0.4) is 0 Å². The molecule has 3 nitrogen and oxygen atoms in total. The minimum absolute atomic E-state index is 1.12. The van der Waals surface area contributed by atoms with Gasteiger partial charge in [0, 0.05) is 0 Å². The first-order valence-electron chi connectivity index (χ1n) is 8.62. The monoisotopic (exact) mass is 365 g/mol. The van der Waals surface area contributed by atoms with Crippen LogP contribution in [0, 0.1) is 0 Å². The molecule has 0 saturated heterocycles. The molecule has 0 aromatic rings. The Morgan fingerprint density at radius 2 is 1.05 bits per heavy atom. The van der Waals surface area contributed by atoms with Gasteiger partial charge >= 0.3 is 33.1 Å². The molecule has 0 atom stereocenters. The number of hydrogen-bond donors (Lipinski definition) is 0. The van der Waals surface area contributed by atoms with E-state index >= 15 is 0 Å². The van der Waals surface area contributed by atoms with Crippen molar-refractivity contribution in [1.29, 1.82) is 0 Å². The van der Waals surface area contributed by atoms with Crippen molar-refractivity contribution in [2.24, 2.45) is 0 Å². The Labute approximate surface area is 136 Å². The zero-order valence-corrected chi connectivity index (χ0v) is 17.4. The second-order valence-electron chi connectivity index (χ2n) is 7.45. The predicted octanol–water partition coefficient (Wildman–Crippen LogP) is 4.09. The van der Waals surface area contributed by atoms with Gasteiger partial charge < -0.3 is 4.48 Å². The van der Waals surface area contributed by atoms with Gasteiger partial charge in [0.2, 0.25) is 0 Å². The third-order valence-electron chi connectivity index (χ3n) is 3.18. The van der Waals surface area contributed by atoms with Crippen molar-refractivity contribution in [2.75, 3.05) is 27.7 Å². The average molecular weight is 365 g/mol. The fourth-order valence-electron chi connectivity index (χ4n) is 2.07. The molecule has 0 aromatic carbocycles. The Bertz CT molecular complexity index is 248. The number of unbranched alkanes of at least 4 members (excludes halogenated alkanes) is 9. The quantitative estimate of drug-likeness (QED) is 0.314. The molecule has 0 heterocycles. The summed E-state index contributed by atoms with van der Waals surface area (Å²) in [5, 5.41) is 0. The molecule has 130 valence electrons. The zero-order valence-electron chi connectivity index (χ0n) is 15.5. The fourth-order valence-corrected chi connectivity index (χ4v) is 2.07. The first-order valence-corrected chi connectivity index (χ1v) is 13.9. The van der Waals surface area contributed by atoms with E-state index in [0.29, 0.717) is 0 Å². The molecule has 0 amide bonds. The molecule has 0 aliphatic heterocycles.